The molecule has 0 N–H and O–H groups in total. The fraction of sp³-hybridized carbons (Fsp3) is 0.227. The van der Waals surface area contributed by atoms with Gasteiger partial charge in [-0.15, -0.1) is 0 Å². The highest BCUT2D eigenvalue weighted by Gasteiger charge is 2.36. The average Bonchev–Trinajstić information content (AvgIpc) is 2.76. The Hall–Kier alpha value is -2.48. The number of hydrogen-bond acceptors (Lipinski definition) is 0. The highest BCUT2D eigenvalue weighted by Crippen LogP contribution is 2.49. The lowest BCUT2D eigenvalue weighted by molar-refractivity contribution is -0.661. The molecule has 1 aromatic heterocycles. The molecule has 2 heteroatoms. The van der Waals surface area contributed by atoms with Gasteiger partial charge in [0.25, 0.3) is 0 Å². The third-order valence-corrected chi connectivity index (χ3v) is 5.30. The summed E-state index contributed by atoms with van der Waals surface area (Å²) in [5.74, 6) is -0.216. The average molecular weight is 318 g/mol. The molecule has 1 aliphatic carbocycles. The second-order valence-electron chi connectivity index (χ2n) is 7.23. The summed E-state index contributed by atoms with van der Waals surface area (Å²) in [5, 5.41) is 0. The lowest BCUT2D eigenvalue weighted by Gasteiger charge is -2.22. The van der Waals surface area contributed by atoms with E-state index < -0.39 is 0 Å². The summed E-state index contributed by atoms with van der Waals surface area (Å²) in [7, 11) is 1.89. The molecule has 2 aromatic carbocycles. The molecule has 0 bridgehead atoms. The summed E-state index contributed by atoms with van der Waals surface area (Å²) >= 11 is 0. The first-order chi connectivity index (χ1) is 11.4. The van der Waals surface area contributed by atoms with E-state index in [4.69, 9.17) is 0 Å². The monoisotopic (exact) mass is 318 g/mol. The molecule has 0 saturated heterocycles. The second-order valence-corrected chi connectivity index (χ2v) is 7.23. The first kappa shape index (κ1) is 15.1. The number of halogens is 1. The fourth-order valence-corrected chi connectivity index (χ4v) is 3.99. The van der Waals surface area contributed by atoms with Crippen LogP contribution in [-0.2, 0) is 12.5 Å². The number of pyridine rings is 1. The third-order valence-electron chi connectivity index (χ3n) is 5.30. The van der Waals surface area contributed by atoms with Crippen molar-refractivity contribution in [2.75, 3.05) is 0 Å². The molecular formula is C22H21FN+. The van der Waals surface area contributed by atoms with Gasteiger partial charge in [0.05, 0.1) is 0 Å². The van der Waals surface area contributed by atoms with Crippen LogP contribution >= 0.6 is 0 Å². The lowest BCUT2D eigenvalue weighted by Crippen LogP contribution is -2.31. The molecule has 24 heavy (non-hydrogen) atoms. The van der Waals surface area contributed by atoms with E-state index in [2.05, 4.69) is 57.2 Å². The van der Waals surface area contributed by atoms with E-state index in [1.807, 2.05) is 17.7 Å². The van der Waals surface area contributed by atoms with Crippen molar-refractivity contribution in [3.63, 3.8) is 0 Å². The van der Waals surface area contributed by atoms with E-state index in [9.17, 15) is 4.39 Å². The van der Waals surface area contributed by atoms with Gasteiger partial charge >= 0.3 is 0 Å². The van der Waals surface area contributed by atoms with Crippen molar-refractivity contribution in [1.82, 2.24) is 0 Å². The van der Waals surface area contributed by atoms with Crippen LogP contribution in [0.3, 0.4) is 0 Å². The van der Waals surface area contributed by atoms with Gasteiger partial charge in [-0.3, -0.25) is 0 Å². The molecule has 120 valence electrons. The smallest absolute Gasteiger partial charge is 0.200 e. The summed E-state index contributed by atoms with van der Waals surface area (Å²) in [5.41, 5.74) is 8.76. The van der Waals surface area contributed by atoms with E-state index >= 15 is 0 Å². The van der Waals surface area contributed by atoms with Gasteiger partial charge < -0.3 is 0 Å². The number of benzene rings is 2. The molecule has 0 fully saturated rings. The minimum absolute atomic E-state index is 0.0141. The largest absolute Gasteiger partial charge is 0.212 e. The van der Waals surface area contributed by atoms with E-state index in [0.29, 0.717) is 0 Å². The highest BCUT2D eigenvalue weighted by molar-refractivity contribution is 5.84. The number of fused-ring (bicyclic) bond motifs is 3. The number of nitrogens with zero attached hydrogens (tertiary/aromatic N) is 1. The normalized spacial score (nSPS) is 14.4. The van der Waals surface area contributed by atoms with Gasteiger partial charge in [0.2, 0.25) is 11.9 Å². The zero-order valence-corrected chi connectivity index (χ0v) is 14.5. The number of rotatable bonds is 1. The van der Waals surface area contributed by atoms with Crippen molar-refractivity contribution in [3.05, 3.63) is 77.2 Å². The maximum Gasteiger partial charge on any atom is 0.212 e. The van der Waals surface area contributed by atoms with Crippen LogP contribution in [0.4, 0.5) is 4.39 Å². The molecular weight excluding hydrogens is 297 g/mol. The summed E-state index contributed by atoms with van der Waals surface area (Å²) < 4.78 is 15.3. The molecule has 4 rings (SSSR count). The first-order valence-corrected chi connectivity index (χ1v) is 8.30. The molecule has 0 radical (unpaired) electrons. The van der Waals surface area contributed by atoms with Gasteiger partial charge in [-0.05, 0) is 46.9 Å². The molecule has 1 heterocycles. The third kappa shape index (κ3) is 2.02. The first-order valence-electron chi connectivity index (χ1n) is 8.30. The topological polar surface area (TPSA) is 3.88 Å². The maximum absolute atomic E-state index is 13.5. The van der Waals surface area contributed by atoms with Crippen LogP contribution in [0.1, 0.15) is 30.5 Å². The Balaban J connectivity index is 2.00. The van der Waals surface area contributed by atoms with Crippen molar-refractivity contribution in [2.24, 2.45) is 7.05 Å². The Morgan fingerprint density at radius 2 is 1.62 bits per heavy atom. The van der Waals surface area contributed by atoms with Crippen LogP contribution in [0.15, 0.2) is 54.7 Å². The van der Waals surface area contributed by atoms with Crippen LogP contribution in [0, 0.1) is 12.7 Å². The van der Waals surface area contributed by atoms with Gasteiger partial charge in [-0.25, -0.2) is 4.39 Å². The minimum Gasteiger partial charge on any atom is -0.200 e. The van der Waals surface area contributed by atoms with Crippen LogP contribution in [0.5, 0.6) is 0 Å². The Morgan fingerprint density at radius 1 is 0.875 bits per heavy atom. The van der Waals surface area contributed by atoms with Crippen LogP contribution in [0.25, 0.3) is 22.4 Å². The Labute approximate surface area is 142 Å². The SMILES string of the molecule is Cc1cc2c(cc1-c1ccc(F)c[n+]1C)-c1ccccc1C2(C)C. The molecule has 0 aliphatic heterocycles. The fourth-order valence-electron chi connectivity index (χ4n) is 3.99. The number of aromatic nitrogens is 1. The van der Waals surface area contributed by atoms with Crippen molar-refractivity contribution in [3.8, 4) is 22.4 Å². The summed E-state index contributed by atoms with van der Waals surface area (Å²) in [6.45, 7) is 6.71. The molecule has 3 aromatic rings. The molecule has 0 saturated carbocycles. The quantitative estimate of drug-likeness (QED) is 0.560. The molecule has 0 unspecified atom stereocenters. The van der Waals surface area contributed by atoms with E-state index in [1.54, 1.807) is 0 Å². The Kier molecular flexibility index (Phi) is 3.14. The molecule has 1 nitrogen and oxygen atoms in total. The van der Waals surface area contributed by atoms with E-state index in [1.165, 1.54) is 40.1 Å². The zero-order valence-electron chi connectivity index (χ0n) is 14.5. The summed E-state index contributed by atoms with van der Waals surface area (Å²) in [6, 6.07) is 16.6. The maximum atomic E-state index is 13.5. The van der Waals surface area contributed by atoms with Crippen LogP contribution < -0.4 is 4.57 Å². The second kappa shape index (κ2) is 5.01. The minimum atomic E-state index is -0.216. The number of hydrogen-bond donors (Lipinski definition) is 0. The van der Waals surface area contributed by atoms with Gasteiger partial charge in [0.1, 0.15) is 7.05 Å². The summed E-state index contributed by atoms with van der Waals surface area (Å²) in [6.07, 6.45) is 1.53. The zero-order chi connectivity index (χ0) is 17.1. The van der Waals surface area contributed by atoms with Gasteiger partial charge in [0, 0.05) is 17.0 Å². The molecule has 1 aliphatic rings. The Bertz CT molecular complexity index is 970. The van der Waals surface area contributed by atoms with Crippen molar-refractivity contribution in [1.29, 1.82) is 0 Å². The van der Waals surface area contributed by atoms with Gasteiger partial charge in [0.15, 0.2) is 5.82 Å². The molecule has 0 amide bonds. The van der Waals surface area contributed by atoms with Crippen molar-refractivity contribution in [2.45, 2.75) is 26.2 Å². The highest BCUT2D eigenvalue weighted by atomic mass is 19.1. The van der Waals surface area contributed by atoms with E-state index in [-0.39, 0.29) is 11.2 Å². The lowest BCUT2D eigenvalue weighted by atomic mass is 9.81. The Morgan fingerprint density at radius 3 is 2.38 bits per heavy atom. The van der Waals surface area contributed by atoms with Crippen molar-refractivity contribution < 1.29 is 8.96 Å². The molecule has 0 spiro atoms. The van der Waals surface area contributed by atoms with Gasteiger partial charge in [-0.2, -0.15) is 4.57 Å². The summed E-state index contributed by atoms with van der Waals surface area (Å²) in [4.78, 5) is 0. The predicted molar refractivity (Wildman–Crippen MR) is 95.3 cm³/mol. The van der Waals surface area contributed by atoms with Crippen LogP contribution in [-0.4, -0.2) is 0 Å². The predicted octanol–water partition coefficient (Wildman–Crippen LogP) is 4.93. The standard InChI is InChI=1S/C22H21FN/c1-14-11-20-18(16-7-5-6-8-19(16)22(20,2)3)12-17(14)21-10-9-15(23)13-24(21)4/h5-13H,1-4H3/q+1. The molecule has 0 atom stereocenters. The van der Waals surface area contributed by atoms with Crippen molar-refractivity contribution >= 4 is 0 Å². The van der Waals surface area contributed by atoms with Gasteiger partial charge in [-0.1, -0.05) is 44.2 Å². The number of aryl methyl sites for hydroxylation is 2. The van der Waals surface area contributed by atoms with E-state index in [0.717, 1.165) is 11.3 Å². The van der Waals surface area contributed by atoms with Crippen LogP contribution in [0.2, 0.25) is 0 Å².